The van der Waals surface area contributed by atoms with Gasteiger partial charge in [0.15, 0.2) is 17.4 Å². The highest BCUT2D eigenvalue weighted by molar-refractivity contribution is 5.79. The first-order chi connectivity index (χ1) is 13.7. The zero-order valence-corrected chi connectivity index (χ0v) is 16.9. The Morgan fingerprint density at radius 3 is 2.57 bits per heavy atom. The van der Waals surface area contributed by atoms with E-state index in [2.05, 4.69) is 68.8 Å². The molecule has 0 aliphatic rings. The first-order valence-electron chi connectivity index (χ1n) is 9.76. The minimum Gasteiger partial charge on any atom is -0.352 e. The van der Waals surface area contributed by atoms with Crippen LogP contribution in [0.3, 0.4) is 0 Å². The lowest BCUT2D eigenvalue weighted by Crippen LogP contribution is -2.36. The largest absolute Gasteiger partial charge is 0.352 e. The molecule has 2 N–H and O–H groups in total. The van der Waals surface area contributed by atoms with Gasteiger partial charge in [0.2, 0.25) is 0 Å². The van der Waals surface area contributed by atoms with Crippen LogP contribution in [0.15, 0.2) is 53.7 Å². The van der Waals surface area contributed by atoms with Gasteiger partial charge >= 0.3 is 0 Å². The minimum atomic E-state index is 0.548. The van der Waals surface area contributed by atoms with Gasteiger partial charge in [0.1, 0.15) is 0 Å². The average molecular weight is 380 g/mol. The van der Waals surface area contributed by atoms with Crippen molar-refractivity contribution in [1.82, 2.24) is 30.1 Å². The second-order valence-corrected chi connectivity index (χ2v) is 6.61. The summed E-state index contributed by atoms with van der Waals surface area (Å²) in [7, 11) is 1.77. The Morgan fingerprint density at radius 1 is 1.00 bits per heavy atom. The third kappa shape index (κ3) is 5.07. The molecule has 0 radical (unpaired) electrons. The Kier molecular flexibility index (Phi) is 6.97. The summed E-state index contributed by atoms with van der Waals surface area (Å²) >= 11 is 0. The van der Waals surface area contributed by atoms with Crippen molar-refractivity contribution in [2.75, 3.05) is 20.1 Å². The van der Waals surface area contributed by atoms with Gasteiger partial charge < -0.3 is 10.6 Å². The van der Waals surface area contributed by atoms with Gasteiger partial charge in [-0.15, -0.1) is 10.2 Å². The number of nitrogens with one attached hydrogen (secondary N) is 2. The van der Waals surface area contributed by atoms with Gasteiger partial charge in [-0.1, -0.05) is 44.2 Å². The number of guanidine groups is 1. The number of fused-ring (bicyclic) bond motifs is 1. The molecule has 2 aromatic heterocycles. The number of nitrogens with zero attached hydrogens (tertiary/aromatic N) is 5. The molecule has 148 valence electrons. The van der Waals surface area contributed by atoms with Gasteiger partial charge in [-0.3, -0.25) is 14.3 Å². The molecule has 0 saturated carbocycles. The van der Waals surface area contributed by atoms with Crippen molar-refractivity contribution >= 4 is 11.6 Å². The predicted octanol–water partition coefficient (Wildman–Crippen LogP) is 2.44. The van der Waals surface area contributed by atoms with E-state index in [0.717, 1.165) is 37.1 Å². The molecule has 3 rings (SSSR count). The van der Waals surface area contributed by atoms with Crippen LogP contribution in [0.2, 0.25) is 0 Å². The number of hydrogen-bond donors (Lipinski definition) is 2. The second kappa shape index (κ2) is 9.85. The molecule has 0 saturated heterocycles. The number of aliphatic imine (C=N–C) groups is 1. The Bertz CT molecular complexity index is 912. The first-order valence-corrected chi connectivity index (χ1v) is 9.76. The molecule has 0 unspecified atom stereocenters. The van der Waals surface area contributed by atoms with E-state index in [1.165, 1.54) is 11.1 Å². The zero-order chi connectivity index (χ0) is 19.8. The number of pyridine rings is 1. The van der Waals surface area contributed by atoms with Crippen LogP contribution in [0.4, 0.5) is 0 Å². The van der Waals surface area contributed by atoms with Crippen molar-refractivity contribution in [2.45, 2.75) is 33.5 Å². The fourth-order valence-corrected chi connectivity index (χ4v) is 3.12. The Labute approximate surface area is 166 Å². The molecule has 1 aromatic carbocycles. The molecule has 0 aliphatic carbocycles. The quantitative estimate of drug-likeness (QED) is 0.465. The van der Waals surface area contributed by atoms with Crippen molar-refractivity contribution < 1.29 is 0 Å². The molecule has 0 aliphatic heterocycles. The normalized spacial score (nSPS) is 11.9. The lowest BCUT2D eigenvalue weighted by molar-refractivity contribution is 0.296. The van der Waals surface area contributed by atoms with Gasteiger partial charge in [-0.05, 0) is 36.3 Å². The summed E-state index contributed by atoms with van der Waals surface area (Å²) in [6, 6.07) is 14.6. The lowest BCUT2D eigenvalue weighted by atomic mass is 10.1. The predicted molar refractivity (Wildman–Crippen MR) is 113 cm³/mol. The van der Waals surface area contributed by atoms with Crippen LogP contribution in [0.5, 0.6) is 0 Å². The molecular weight excluding hydrogens is 350 g/mol. The third-order valence-electron chi connectivity index (χ3n) is 4.77. The van der Waals surface area contributed by atoms with Crippen molar-refractivity contribution in [1.29, 1.82) is 0 Å². The van der Waals surface area contributed by atoms with E-state index in [9.17, 15) is 0 Å². The second-order valence-electron chi connectivity index (χ2n) is 6.61. The number of benzene rings is 1. The molecule has 0 atom stereocenters. The highest BCUT2D eigenvalue weighted by Crippen LogP contribution is 2.08. The van der Waals surface area contributed by atoms with Crippen LogP contribution in [-0.4, -0.2) is 45.6 Å². The molecule has 0 bridgehead atoms. The topological polar surface area (TPSA) is 69.8 Å². The SMILES string of the molecule is CCN(CC)Cc1cccc(CNC(=NC)NCc2nnc3ccccn23)c1. The summed E-state index contributed by atoms with van der Waals surface area (Å²) in [4.78, 5) is 6.72. The van der Waals surface area contributed by atoms with Gasteiger partial charge in [-0.25, -0.2) is 0 Å². The van der Waals surface area contributed by atoms with E-state index in [4.69, 9.17) is 0 Å². The Hall–Kier alpha value is -2.93. The average Bonchev–Trinajstić information content (AvgIpc) is 3.15. The van der Waals surface area contributed by atoms with Gasteiger partial charge in [0.05, 0.1) is 6.54 Å². The molecule has 0 spiro atoms. The molecule has 7 heteroatoms. The molecule has 0 fully saturated rings. The monoisotopic (exact) mass is 379 g/mol. The summed E-state index contributed by atoms with van der Waals surface area (Å²) in [5.41, 5.74) is 3.41. The standard InChI is InChI=1S/C21H29N7/c1-4-27(5-2)16-18-10-8-9-17(13-18)14-23-21(22-3)24-15-20-26-25-19-11-6-7-12-28(19)20/h6-13H,4-5,14-16H2,1-3H3,(H2,22,23,24). The van der Waals surface area contributed by atoms with Crippen molar-refractivity contribution in [2.24, 2.45) is 4.99 Å². The lowest BCUT2D eigenvalue weighted by Gasteiger charge is -2.18. The summed E-state index contributed by atoms with van der Waals surface area (Å²) in [6.45, 7) is 8.76. The van der Waals surface area contributed by atoms with Crippen molar-refractivity contribution in [3.05, 3.63) is 65.6 Å². The van der Waals surface area contributed by atoms with E-state index in [1.54, 1.807) is 7.05 Å². The molecular formula is C21H29N7. The summed E-state index contributed by atoms with van der Waals surface area (Å²) in [6.07, 6.45) is 1.96. The van der Waals surface area contributed by atoms with Crippen molar-refractivity contribution in [3.8, 4) is 0 Å². The van der Waals surface area contributed by atoms with E-state index < -0.39 is 0 Å². The smallest absolute Gasteiger partial charge is 0.191 e. The number of aromatic nitrogens is 3. The fourth-order valence-electron chi connectivity index (χ4n) is 3.12. The maximum Gasteiger partial charge on any atom is 0.191 e. The molecule has 0 amide bonds. The molecule has 3 aromatic rings. The first kappa shape index (κ1) is 19.8. The summed E-state index contributed by atoms with van der Waals surface area (Å²) < 4.78 is 1.97. The molecule has 2 heterocycles. The highest BCUT2D eigenvalue weighted by Gasteiger charge is 2.06. The van der Waals surface area contributed by atoms with Crippen LogP contribution in [0.25, 0.3) is 5.65 Å². The third-order valence-corrected chi connectivity index (χ3v) is 4.77. The number of rotatable bonds is 8. The fraction of sp³-hybridized carbons (Fsp3) is 0.381. The van der Waals surface area contributed by atoms with E-state index in [-0.39, 0.29) is 0 Å². The highest BCUT2D eigenvalue weighted by atomic mass is 15.3. The van der Waals surface area contributed by atoms with Crippen LogP contribution < -0.4 is 10.6 Å². The Morgan fingerprint density at radius 2 is 1.79 bits per heavy atom. The van der Waals surface area contributed by atoms with Crippen LogP contribution >= 0.6 is 0 Å². The molecule has 28 heavy (non-hydrogen) atoms. The zero-order valence-electron chi connectivity index (χ0n) is 16.9. The van der Waals surface area contributed by atoms with Gasteiger partial charge in [-0.2, -0.15) is 0 Å². The van der Waals surface area contributed by atoms with Crippen LogP contribution in [0, 0.1) is 0 Å². The van der Waals surface area contributed by atoms with Crippen molar-refractivity contribution in [3.63, 3.8) is 0 Å². The number of hydrogen-bond acceptors (Lipinski definition) is 4. The minimum absolute atomic E-state index is 0.548. The maximum atomic E-state index is 4.31. The maximum absolute atomic E-state index is 4.31. The summed E-state index contributed by atoms with van der Waals surface area (Å²) in [5, 5.41) is 15.1. The van der Waals surface area contributed by atoms with E-state index in [1.807, 2.05) is 28.8 Å². The van der Waals surface area contributed by atoms with Crippen LogP contribution in [0.1, 0.15) is 30.8 Å². The summed E-state index contributed by atoms with van der Waals surface area (Å²) in [5.74, 6) is 1.58. The van der Waals surface area contributed by atoms with Gasteiger partial charge in [0.25, 0.3) is 0 Å². The van der Waals surface area contributed by atoms with Gasteiger partial charge in [0, 0.05) is 26.3 Å². The van der Waals surface area contributed by atoms with E-state index >= 15 is 0 Å². The Balaban J connectivity index is 1.55. The van der Waals surface area contributed by atoms with E-state index in [0.29, 0.717) is 13.1 Å². The molecule has 7 nitrogen and oxygen atoms in total. The van der Waals surface area contributed by atoms with Crippen LogP contribution in [-0.2, 0) is 19.6 Å².